The van der Waals surface area contributed by atoms with Crippen molar-refractivity contribution in [3.05, 3.63) is 144 Å². The second-order valence-corrected chi connectivity index (χ2v) is 25.1. The summed E-state index contributed by atoms with van der Waals surface area (Å²) in [7, 11) is 1.64. The van der Waals surface area contributed by atoms with Crippen LogP contribution in [0, 0.1) is 23.6 Å². The Balaban J connectivity index is 0.612. The molecule has 0 unspecified atom stereocenters. The molecule has 2 aromatic heterocycles. The fourth-order valence-electron chi connectivity index (χ4n) is 11.5. The third-order valence-corrected chi connectivity index (χ3v) is 17.8. The zero-order valence-electron chi connectivity index (χ0n) is 50.7. The number of methoxy groups -OCH3 is 1. The lowest BCUT2D eigenvalue weighted by Gasteiger charge is -2.35. The van der Waals surface area contributed by atoms with Gasteiger partial charge in [-0.2, -0.15) is 0 Å². The van der Waals surface area contributed by atoms with Gasteiger partial charge in [-0.1, -0.05) is 76.4 Å². The van der Waals surface area contributed by atoms with E-state index in [2.05, 4.69) is 70.6 Å². The van der Waals surface area contributed by atoms with Crippen LogP contribution >= 0.6 is 11.3 Å². The van der Waals surface area contributed by atoms with E-state index in [1.807, 2.05) is 69.6 Å². The summed E-state index contributed by atoms with van der Waals surface area (Å²) in [4.78, 5) is 83.2. The Morgan fingerprint density at radius 3 is 2.05 bits per heavy atom. The van der Waals surface area contributed by atoms with Gasteiger partial charge >= 0.3 is 0 Å². The molecular weight excluding hydrogens is 1140 g/mol. The summed E-state index contributed by atoms with van der Waals surface area (Å²) in [6.45, 7) is 13.2. The van der Waals surface area contributed by atoms with Gasteiger partial charge in [0, 0.05) is 86.4 Å². The molecule has 462 valence electrons. The van der Waals surface area contributed by atoms with Gasteiger partial charge in [0.2, 0.25) is 29.5 Å². The summed E-state index contributed by atoms with van der Waals surface area (Å²) in [5.74, 6) is 0.107. The number of aromatic nitrogens is 2. The second kappa shape index (κ2) is 28.2. The standard InChI is InChI=1S/C68H79FN10O8S/c1-44-61(88-43-74-44)47-13-11-45(12-14-47)40-73-63(82)57-37-52(80)41-79(57)64(83)62(67(2,3)4)72-31-10-8-6-7-9-30-71-60(81)42-77-33-35-78(36-34-77)51-23-15-46(16-24-51)54-38-56-55(39-59(54)86-5)58(27-32-70-56)87-53-25-21-50(22-26-53)76-66(85)68(28-29-68)65(84)75-49-19-17-48(69)18-20-49/h11-27,32,38-39,43,52,57,62,72,80H,6-10,28-31,33-37,40-42H2,1-5H3,(H,71,81)(H,73,82)(H,75,84)(H,76,85)/t52-,57+,62-/m1/s1. The van der Waals surface area contributed by atoms with Crippen LogP contribution in [0.1, 0.15) is 83.4 Å². The van der Waals surface area contributed by atoms with E-state index in [9.17, 15) is 33.5 Å². The minimum atomic E-state index is -1.19. The fourth-order valence-corrected chi connectivity index (χ4v) is 12.3. The predicted molar refractivity (Wildman–Crippen MR) is 342 cm³/mol. The number of thiazole rings is 1. The zero-order valence-corrected chi connectivity index (χ0v) is 51.5. The summed E-state index contributed by atoms with van der Waals surface area (Å²) in [6, 6.07) is 33.2. The van der Waals surface area contributed by atoms with Crippen LogP contribution in [0.15, 0.2) is 127 Å². The van der Waals surface area contributed by atoms with E-state index >= 15 is 0 Å². The lowest BCUT2D eigenvalue weighted by atomic mass is 9.85. The molecule has 6 N–H and O–H groups in total. The summed E-state index contributed by atoms with van der Waals surface area (Å²) in [5, 5.41) is 26.6. The number of piperazine rings is 1. The number of carbonyl (C=O) groups is 5. The number of unbranched alkanes of at least 4 members (excludes halogenated alkanes) is 4. The first-order valence-corrected chi connectivity index (χ1v) is 31.3. The lowest BCUT2D eigenvalue weighted by Crippen LogP contribution is -2.56. The minimum Gasteiger partial charge on any atom is -0.496 e. The van der Waals surface area contributed by atoms with Crippen LogP contribution in [0.5, 0.6) is 17.2 Å². The van der Waals surface area contributed by atoms with Crippen LogP contribution in [0.25, 0.3) is 32.5 Å². The fraction of sp³-hybridized carbons (Fsp3) is 0.397. The molecule has 5 amide bonds. The Morgan fingerprint density at radius 1 is 0.761 bits per heavy atom. The number of aliphatic hydroxyl groups is 1. The van der Waals surface area contributed by atoms with Crippen molar-refractivity contribution in [3.8, 4) is 38.8 Å². The van der Waals surface area contributed by atoms with Crippen molar-refractivity contribution in [1.82, 2.24) is 35.7 Å². The van der Waals surface area contributed by atoms with Gasteiger partial charge in [-0.15, -0.1) is 11.3 Å². The molecule has 2 saturated heterocycles. The van der Waals surface area contributed by atoms with Crippen LogP contribution in [0.2, 0.25) is 0 Å². The number of aliphatic hydroxyl groups excluding tert-OH is 1. The number of hydrogen-bond acceptors (Lipinski definition) is 14. The lowest BCUT2D eigenvalue weighted by molar-refractivity contribution is -0.142. The molecule has 2 aliphatic heterocycles. The number of hydrogen-bond donors (Lipinski definition) is 6. The number of carbonyl (C=O) groups excluding carboxylic acids is 5. The normalized spacial score (nSPS) is 16.9. The van der Waals surface area contributed by atoms with Gasteiger partial charge in [0.25, 0.3) is 0 Å². The molecule has 5 aromatic carbocycles. The maximum Gasteiger partial charge on any atom is 0.243 e. The van der Waals surface area contributed by atoms with E-state index in [0.29, 0.717) is 67.6 Å². The molecule has 88 heavy (non-hydrogen) atoms. The first-order chi connectivity index (χ1) is 42.4. The molecule has 0 bridgehead atoms. The number of fused-ring (bicyclic) bond motifs is 1. The number of nitrogens with zero attached hydrogens (tertiary/aromatic N) is 5. The van der Waals surface area contributed by atoms with Crippen LogP contribution in [-0.2, 0) is 30.5 Å². The number of likely N-dealkylation sites (tertiary alicyclic amines) is 1. The molecular formula is C68H79FN10O8S. The van der Waals surface area contributed by atoms with Gasteiger partial charge in [-0.25, -0.2) is 9.37 Å². The zero-order chi connectivity index (χ0) is 62.0. The number of β-amino-alcohol motifs (C(OH)–C–C–N with tert-alkyl or cyclic N) is 1. The van der Waals surface area contributed by atoms with Gasteiger partial charge in [-0.05, 0) is 140 Å². The summed E-state index contributed by atoms with van der Waals surface area (Å²) in [6.07, 6.45) is 6.69. The average molecular weight is 1220 g/mol. The summed E-state index contributed by atoms with van der Waals surface area (Å²) in [5.41, 5.74) is 7.83. The quantitative estimate of drug-likeness (QED) is 0.0232. The highest BCUT2D eigenvalue weighted by Crippen LogP contribution is 2.48. The summed E-state index contributed by atoms with van der Waals surface area (Å²) >= 11 is 1.59. The smallest absolute Gasteiger partial charge is 0.243 e. The van der Waals surface area contributed by atoms with Gasteiger partial charge in [0.05, 0.1) is 47.4 Å². The van der Waals surface area contributed by atoms with Crippen molar-refractivity contribution in [2.75, 3.05) is 75.0 Å². The number of nitrogens with one attached hydrogen (secondary N) is 5. The predicted octanol–water partition coefficient (Wildman–Crippen LogP) is 10.1. The molecule has 10 rings (SSSR count). The number of benzene rings is 5. The topological polar surface area (TPSA) is 220 Å². The van der Waals surface area contributed by atoms with Crippen molar-refractivity contribution >= 4 is 68.8 Å². The van der Waals surface area contributed by atoms with Gasteiger partial charge in [-0.3, -0.25) is 33.9 Å². The Bertz CT molecular complexity index is 3570. The van der Waals surface area contributed by atoms with E-state index in [-0.39, 0.29) is 30.7 Å². The first-order valence-electron chi connectivity index (χ1n) is 30.4. The number of aryl methyl sites for hydroxylation is 1. The number of ether oxygens (including phenoxy) is 2. The van der Waals surface area contributed by atoms with Crippen LogP contribution in [-0.4, -0.2) is 132 Å². The number of rotatable bonds is 25. The average Bonchev–Trinajstić information content (AvgIpc) is 1.58. The molecule has 3 atom stereocenters. The Kier molecular flexibility index (Phi) is 20.1. The maximum atomic E-state index is 14.1. The number of halogens is 1. The maximum absolute atomic E-state index is 14.1. The van der Waals surface area contributed by atoms with Crippen molar-refractivity contribution in [2.45, 2.75) is 104 Å². The minimum absolute atomic E-state index is 0.0323. The molecule has 1 saturated carbocycles. The molecule has 3 fully saturated rings. The molecule has 18 nitrogen and oxygen atoms in total. The largest absolute Gasteiger partial charge is 0.496 e. The molecule has 4 heterocycles. The van der Waals surface area contributed by atoms with E-state index in [1.165, 1.54) is 24.3 Å². The van der Waals surface area contributed by atoms with Crippen LogP contribution < -0.4 is 41.0 Å². The van der Waals surface area contributed by atoms with Crippen molar-refractivity contribution in [1.29, 1.82) is 0 Å². The van der Waals surface area contributed by atoms with Crippen molar-refractivity contribution in [2.24, 2.45) is 10.8 Å². The van der Waals surface area contributed by atoms with Crippen molar-refractivity contribution in [3.63, 3.8) is 0 Å². The molecule has 7 aromatic rings. The second-order valence-electron chi connectivity index (χ2n) is 24.3. The number of amides is 5. The third-order valence-electron chi connectivity index (χ3n) is 16.8. The Hall–Kier alpha value is -8.30. The van der Waals surface area contributed by atoms with Crippen LogP contribution in [0.3, 0.4) is 0 Å². The van der Waals surface area contributed by atoms with Gasteiger partial charge < -0.3 is 51.0 Å². The van der Waals surface area contributed by atoms with E-state index in [1.54, 1.807) is 59.9 Å². The SMILES string of the molecule is COc1cc2c(Oc3ccc(NC(=O)C4(C(=O)Nc5ccc(F)cc5)CC4)cc3)ccnc2cc1-c1ccc(N2CCN(CC(=O)NCCCCCCCN[C@H](C(=O)N3C[C@H](O)C[C@H]3C(=O)NCc3ccc(-c4scnc4C)cc3)C(C)(C)C)CC2)cc1. The molecule has 20 heteroatoms. The van der Waals surface area contributed by atoms with Crippen LogP contribution in [0.4, 0.5) is 21.5 Å². The molecule has 3 aliphatic rings. The number of anilines is 3. The van der Waals surface area contributed by atoms with Gasteiger partial charge in [0.15, 0.2) is 0 Å². The highest BCUT2D eigenvalue weighted by atomic mass is 32.1. The third kappa shape index (κ3) is 15.5. The highest BCUT2D eigenvalue weighted by Gasteiger charge is 2.56. The molecule has 0 radical (unpaired) electrons. The number of pyridine rings is 1. The van der Waals surface area contributed by atoms with Gasteiger partial charge in [0.1, 0.15) is 34.5 Å². The van der Waals surface area contributed by atoms with Crippen molar-refractivity contribution < 1.29 is 42.9 Å². The highest BCUT2D eigenvalue weighted by molar-refractivity contribution is 7.13. The monoisotopic (exact) mass is 1210 g/mol. The Labute approximate surface area is 517 Å². The molecule has 1 aliphatic carbocycles. The van der Waals surface area contributed by atoms with E-state index in [4.69, 9.17) is 9.47 Å². The van der Waals surface area contributed by atoms with E-state index in [0.717, 1.165) is 108 Å². The Morgan fingerprint density at radius 2 is 1.41 bits per heavy atom. The molecule has 0 spiro atoms. The summed E-state index contributed by atoms with van der Waals surface area (Å²) < 4.78 is 25.6. The van der Waals surface area contributed by atoms with E-state index < -0.39 is 46.6 Å². The first kappa shape index (κ1) is 62.7.